The molecule has 0 fully saturated rings. The number of aryl methyl sites for hydroxylation is 2. The van der Waals surface area contributed by atoms with Crippen molar-refractivity contribution < 1.29 is 14.7 Å². The minimum absolute atomic E-state index is 0.0584. The molecule has 0 atom stereocenters. The van der Waals surface area contributed by atoms with E-state index in [4.69, 9.17) is 11.6 Å². The number of amides is 1. The van der Waals surface area contributed by atoms with E-state index >= 15 is 0 Å². The SMILES string of the molecule is Cc1ccc(Cl)cc1C(=O)Nc1c(C)cccc1C(=O)O. The molecule has 1 amide bonds. The summed E-state index contributed by atoms with van der Waals surface area (Å²) in [6.45, 7) is 3.54. The first-order valence-corrected chi connectivity index (χ1v) is 6.68. The molecular formula is C16H14ClNO3. The average molecular weight is 304 g/mol. The fraction of sp³-hybridized carbons (Fsp3) is 0.125. The number of carboxylic acid groups (broad SMARTS) is 1. The van der Waals surface area contributed by atoms with Crippen LogP contribution >= 0.6 is 11.6 Å². The summed E-state index contributed by atoms with van der Waals surface area (Å²) < 4.78 is 0. The van der Waals surface area contributed by atoms with Crippen molar-refractivity contribution >= 4 is 29.2 Å². The van der Waals surface area contributed by atoms with Gasteiger partial charge in [0.1, 0.15) is 0 Å². The maximum absolute atomic E-state index is 12.4. The van der Waals surface area contributed by atoms with Gasteiger partial charge in [-0.15, -0.1) is 0 Å². The maximum Gasteiger partial charge on any atom is 0.337 e. The second kappa shape index (κ2) is 5.97. The van der Waals surface area contributed by atoms with Crippen molar-refractivity contribution in [2.45, 2.75) is 13.8 Å². The Labute approximate surface area is 127 Å². The molecule has 2 aromatic rings. The third-order valence-corrected chi connectivity index (χ3v) is 3.42. The van der Waals surface area contributed by atoms with Gasteiger partial charge in [-0.3, -0.25) is 4.79 Å². The van der Waals surface area contributed by atoms with E-state index in [1.165, 1.54) is 6.07 Å². The molecule has 4 nitrogen and oxygen atoms in total. The normalized spacial score (nSPS) is 10.2. The topological polar surface area (TPSA) is 66.4 Å². The van der Waals surface area contributed by atoms with Crippen LogP contribution in [0.2, 0.25) is 5.02 Å². The van der Waals surface area contributed by atoms with Crippen molar-refractivity contribution in [3.8, 4) is 0 Å². The summed E-state index contributed by atoms with van der Waals surface area (Å²) in [5.74, 6) is -1.47. The van der Waals surface area contributed by atoms with E-state index in [1.807, 2.05) is 0 Å². The first-order valence-electron chi connectivity index (χ1n) is 6.30. The third-order valence-electron chi connectivity index (χ3n) is 3.19. The number of benzene rings is 2. The van der Waals surface area contributed by atoms with Gasteiger partial charge < -0.3 is 10.4 Å². The van der Waals surface area contributed by atoms with Gasteiger partial charge in [-0.1, -0.05) is 29.8 Å². The zero-order valence-corrected chi connectivity index (χ0v) is 12.4. The van der Waals surface area contributed by atoms with E-state index in [2.05, 4.69) is 5.32 Å². The van der Waals surface area contributed by atoms with Crippen LogP contribution in [0.15, 0.2) is 36.4 Å². The highest BCUT2D eigenvalue weighted by Gasteiger charge is 2.16. The molecule has 0 bridgehead atoms. The van der Waals surface area contributed by atoms with Crippen molar-refractivity contribution in [1.82, 2.24) is 0 Å². The third kappa shape index (κ3) is 3.23. The number of carboxylic acids is 1. The van der Waals surface area contributed by atoms with E-state index in [1.54, 1.807) is 44.2 Å². The van der Waals surface area contributed by atoms with Crippen LogP contribution < -0.4 is 5.32 Å². The van der Waals surface area contributed by atoms with Crippen LogP contribution in [-0.2, 0) is 0 Å². The number of hydrogen-bond donors (Lipinski definition) is 2. The quantitative estimate of drug-likeness (QED) is 0.903. The van der Waals surface area contributed by atoms with Gasteiger partial charge in [0.25, 0.3) is 5.91 Å². The van der Waals surface area contributed by atoms with Crippen LogP contribution in [-0.4, -0.2) is 17.0 Å². The summed E-state index contributed by atoms with van der Waals surface area (Å²) in [6, 6.07) is 9.84. The minimum Gasteiger partial charge on any atom is -0.478 e. The lowest BCUT2D eigenvalue weighted by atomic mass is 10.1. The van der Waals surface area contributed by atoms with Gasteiger partial charge in [0.2, 0.25) is 0 Å². The van der Waals surface area contributed by atoms with E-state index < -0.39 is 5.97 Å². The van der Waals surface area contributed by atoms with Gasteiger partial charge >= 0.3 is 5.97 Å². The van der Waals surface area contributed by atoms with Crippen molar-refractivity contribution in [3.05, 3.63) is 63.7 Å². The van der Waals surface area contributed by atoms with Crippen LogP contribution in [0.3, 0.4) is 0 Å². The van der Waals surface area contributed by atoms with Gasteiger partial charge in [-0.05, 0) is 43.2 Å². The lowest BCUT2D eigenvalue weighted by Gasteiger charge is -2.13. The first-order chi connectivity index (χ1) is 9.90. The highest BCUT2D eigenvalue weighted by Crippen LogP contribution is 2.23. The molecule has 2 N–H and O–H groups in total. The highest BCUT2D eigenvalue weighted by atomic mass is 35.5. The first kappa shape index (κ1) is 15.1. The number of carbonyl (C=O) groups is 2. The second-order valence-corrected chi connectivity index (χ2v) is 5.15. The molecule has 0 aliphatic heterocycles. The Hall–Kier alpha value is -2.33. The van der Waals surface area contributed by atoms with Gasteiger partial charge in [0, 0.05) is 10.6 Å². The Kier molecular flexibility index (Phi) is 4.29. The molecular weight excluding hydrogens is 290 g/mol. The van der Waals surface area contributed by atoms with Gasteiger partial charge in [0.15, 0.2) is 0 Å². The van der Waals surface area contributed by atoms with E-state index in [0.29, 0.717) is 21.8 Å². The summed E-state index contributed by atoms with van der Waals surface area (Å²) in [7, 11) is 0. The predicted molar refractivity (Wildman–Crippen MR) is 82.3 cm³/mol. The van der Waals surface area contributed by atoms with Crippen LogP contribution in [0, 0.1) is 13.8 Å². The summed E-state index contributed by atoms with van der Waals surface area (Å²) in [4.78, 5) is 23.6. The number of para-hydroxylation sites is 1. The van der Waals surface area contributed by atoms with Gasteiger partial charge in [0.05, 0.1) is 11.3 Å². The summed E-state index contributed by atoms with van der Waals surface area (Å²) in [5.41, 5.74) is 2.23. The molecule has 0 unspecified atom stereocenters. The van der Waals surface area contributed by atoms with E-state index in [-0.39, 0.29) is 11.5 Å². The average Bonchev–Trinajstić information content (AvgIpc) is 2.43. The smallest absolute Gasteiger partial charge is 0.337 e. The molecule has 0 aliphatic rings. The molecule has 21 heavy (non-hydrogen) atoms. The number of nitrogens with one attached hydrogen (secondary N) is 1. The van der Waals surface area contributed by atoms with E-state index in [0.717, 1.165) is 5.56 Å². The van der Waals surface area contributed by atoms with Crippen molar-refractivity contribution in [2.75, 3.05) is 5.32 Å². The lowest BCUT2D eigenvalue weighted by Crippen LogP contribution is -2.17. The molecule has 0 heterocycles. The standard InChI is InChI=1S/C16H14ClNO3/c1-9-6-7-11(17)8-13(9)15(19)18-14-10(2)4-3-5-12(14)16(20)21/h3-8H,1-2H3,(H,18,19)(H,20,21). The molecule has 2 aromatic carbocycles. The Bertz CT molecular complexity index is 725. The number of anilines is 1. The zero-order valence-electron chi connectivity index (χ0n) is 11.6. The molecule has 2 rings (SSSR count). The molecule has 0 saturated carbocycles. The number of carbonyl (C=O) groups excluding carboxylic acids is 1. The van der Waals surface area contributed by atoms with Crippen molar-refractivity contribution in [1.29, 1.82) is 0 Å². The molecule has 108 valence electrons. The predicted octanol–water partition coefficient (Wildman–Crippen LogP) is 3.91. The summed E-state index contributed by atoms with van der Waals surface area (Å²) in [6.07, 6.45) is 0. The highest BCUT2D eigenvalue weighted by molar-refractivity contribution is 6.31. The molecule has 0 aliphatic carbocycles. The lowest BCUT2D eigenvalue weighted by molar-refractivity contribution is 0.0698. The van der Waals surface area contributed by atoms with Gasteiger partial charge in [-0.2, -0.15) is 0 Å². The Balaban J connectivity index is 2.41. The largest absolute Gasteiger partial charge is 0.478 e. The zero-order chi connectivity index (χ0) is 15.6. The Morgan fingerprint density at radius 2 is 1.76 bits per heavy atom. The number of hydrogen-bond acceptors (Lipinski definition) is 2. The van der Waals surface area contributed by atoms with Crippen LogP contribution in [0.5, 0.6) is 0 Å². The molecule has 0 aromatic heterocycles. The monoisotopic (exact) mass is 303 g/mol. The molecule has 5 heteroatoms. The van der Waals surface area contributed by atoms with Crippen LogP contribution in [0.1, 0.15) is 31.8 Å². The number of rotatable bonds is 3. The number of halogens is 1. The summed E-state index contributed by atoms with van der Waals surface area (Å²) >= 11 is 5.90. The molecule has 0 saturated heterocycles. The maximum atomic E-state index is 12.4. The van der Waals surface area contributed by atoms with Gasteiger partial charge in [-0.25, -0.2) is 4.79 Å². The Morgan fingerprint density at radius 1 is 1.05 bits per heavy atom. The van der Waals surface area contributed by atoms with E-state index in [9.17, 15) is 14.7 Å². The molecule has 0 spiro atoms. The van der Waals surface area contributed by atoms with Crippen LogP contribution in [0.4, 0.5) is 5.69 Å². The second-order valence-electron chi connectivity index (χ2n) is 4.72. The molecule has 0 radical (unpaired) electrons. The fourth-order valence-corrected chi connectivity index (χ4v) is 2.20. The minimum atomic E-state index is -1.09. The summed E-state index contributed by atoms with van der Waals surface area (Å²) in [5, 5.41) is 12.3. The number of aromatic carboxylic acids is 1. The van der Waals surface area contributed by atoms with Crippen molar-refractivity contribution in [2.24, 2.45) is 0 Å². The van der Waals surface area contributed by atoms with Crippen LogP contribution in [0.25, 0.3) is 0 Å². The Morgan fingerprint density at radius 3 is 2.43 bits per heavy atom. The fourth-order valence-electron chi connectivity index (χ4n) is 2.03. The van der Waals surface area contributed by atoms with Crippen molar-refractivity contribution in [3.63, 3.8) is 0 Å².